The number of nitrogens with zero attached hydrogens (tertiary/aromatic N) is 1. The molecule has 0 aromatic heterocycles. The standard InChI is InChI=1S/C15H11NO4S/c1-11-2-8-14(9-3-11)21(19,20)16-10-12-4-6-13(7-5-12)15(17)18/h2,4-8,10H,1H3,(H,17,18)/b16-10+. The lowest BCUT2D eigenvalue weighted by Crippen LogP contribution is -1.98. The molecular weight excluding hydrogens is 290 g/mol. The summed E-state index contributed by atoms with van der Waals surface area (Å²) in [6.45, 7) is 1.78. The van der Waals surface area contributed by atoms with E-state index in [1.807, 2.05) is 0 Å². The molecule has 0 amide bonds. The number of hydrogen-bond donors (Lipinski definition) is 1. The van der Waals surface area contributed by atoms with Gasteiger partial charge in [0.1, 0.15) is 4.90 Å². The molecule has 0 radical (unpaired) electrons. The highest BCUT2D eigenvalue weighted by atomic mass is 32.2. The largest absolute Gasteiger partial charge is 0.478 e. The van der Waals surface area contributed by atoms with Crippen molar-refractivity contribution >= 4 is 22.2 Å². The van der Waals surface area contributed by atoms with Gasteiger partial charge >= 0.3 is 5.97 Å². The van der Waals surface area contributed by atoms with E-state index in [4.69, 9.17) is 5.11 Å². The minimum atomic E-state index is -3.84. The summed E-state index contributed by atoms with van der Waals surface area (Å²) in [4.78, 5) is 10.6. The van der Waals surface area contributed by atoms with Crippen molar-refractivity contribution in [2.24, 2.45) is 4.40 Å². The van der Waals surface area contributed by atoms with Crippen LogP contribution in [-0.4, -0.2) is 25.7 Å². The van der Waals surface area contributed by atoms with Gasteiger partial charge < -0.3 is 5.11 Å². The summed E-state index contributed by atoms with van der Waals surface area (Å²) in [5, 5.41) is 8.77. The molecular formula is C15H11NO4S. The number of rotatable bonds is 4. The Labute approximate surface area is 122 Å². The van der Waals surface area contributed by atoms with Crippen LogP contribution in [0.1, 0.15) is 21.5 Å². The summed E-state index contributed by atoms with van der Waals surface area (Å²) < 4.78 is 27.4. The van der Waals surface area contributed by atoms with Crippen LogP contribution < -0.4 is 0 Å². The maximum absolute atomic E-state index is 11.9. The van der Waals surface area contributed by atoms with Gasteiger partial charge in [0.2, 0.25) is 0 Å². The Kier molecular flexibility index (Phi) is 4.05. The number of hydrogen-bond acceptors (Lipinski definition) is 3. The highest BCUT2D eigenvalue weighted by Gasteiger charge is 2.11. The zero-order chi connectivity index (χ0) is 15.5. The second kappa shape index (κ2) is 5.77. The highest BCUT2D eigenvalue weighted by molar-refractivity contribution is 7.90. The summed E-state index contributed by atoms with van der Waals surface area (Å²) >= 11 is 0. The third kappa shape index (κ3) is 3.68. The van der Waals surface area contributed by atoms with Crippen LogP contribution in [-0.2, 0) is 10.0 Å². The third-order valence-corrected chi connectivity index (χ3v) is 3.82. The Hall–Kier alpha value is -2.65. The van der Waals surface area contributed by atoms with Gasteiger partial charge in [-0.2, -0.15) is 12.8 Å². The molecule has 1 N–H and O–H groups in total. The minimum absolute atomic E-state index is 0.0634. The van der Waals surface area contributed by atoms with E-state index in [9.17, 15) is 13.2 Å². The SMILES string of the molecule is Cc1c#cc(S(=O)(=O)/N=C/c2ccc(C(=O)O)cc2)cc1. The molecule has 2 rings (SSSR count). The molecule has 0 spiro atoms. The Morgan fingerprint density at radius 1 is 1.14 bits per heavy atom. The van der Waals surface area contributed by atoms with E-state index in [0.717, 1.165) is 11.8 Å². The molecule has 0 aliphatic heterocycles. The van der Waals surface area contributed by atoms with E-state index in [-0.39, 0.29) is 10.5 Å². The third-order valence-electron chi connectivity index (χ3n) is 2.64. The van der Waals surface area contributed by atoms with Crippen LogP contribution in [0, 0.1) is 19.1 Å². The molecule has 0 aliphatic carbocycles. The summed E-state index contributed by atoms with van der Waals surface area (Å²) in [6, 6.07) is 13.9. The molecule has 2 aromatic rings. The average Bonchev–Trinajstić information content (AvgIpc) is 2.46. The molecule has 5 nitrogen and oxygen atoms in total. The van der Waals surface area contributed by atoms with Crippen molar-refractivity contribution in [2.75, 3.05) is 0 Å². The highest BCUT2D eigenvalue weighted by Crippen LogP contribution is 2.10. The Morgan fingerprint density at radius 2 is 1.81 bits per heavy atom. The molecule has 0 saturated heterocycles. The molecule has 2 aromatic carbocycles. The van der Waals surface area contributed by atoms with Gasteiger partial charge in [-0.05, 0) is 48.4 Å². The van der Waals surface area contributed by atoms with Crippen molar-refractivity contribution in [3.63, 3.8) is 0 Å². The molecule has 21 heavy (non-hydrogen) atoms. The van der Waals surface area contributed by atoms with Crippen molar-refractivity contribution in [1.29, 1.82) is 0 Å². The van der Waals surface area contributed by atoms with Crippen LogP contribution in [0.3, 0.4) is 0 Å². The van der Waals surface area contributed by atoms with Gasteiger partial charge in [0.15, 0.2) is 0 Å². The number of benzene rings is 1. The van der Waals surface area contributed by atoms with Crippen LogP contribution >= 0.6 is 0 Å². The van der Waals surface area contributed by atoms with Crippen molar-refractivity contribution < 1.29 is 18.3 Å². The number of aryl methyl sites for hydroxylation is 1. The second-order valence-corrected chi connectivity index (χ2v) is 5.87. The van der Waals surface area contributed by atoms with E-state index in [2.05, 4.69) is 16.5 Å². The normalized spacial score (nSPS) is 11.3. The number of carbonyl (C=O) groups is 1. The van der Waals surface area contributed by atoms with E-state index >= 15 is 0 Å². The summed E-state index contributed by atoms with van der Waals surface area (Å²) in [5.74, 6) is -1.05. The predicted molar refractivity (Wildman–Crippen MR) is 77.0 cm³/mol. The average molecular weight is 301 g/mol. The molecule has 106 valence electrons. The molecule has 0 saturated carbocycles. The lowest BCUT2D eigenvalue weighted by atomic mass is 10.1. The van der Waals surface area contributed by atoms with E-state index in [1.54, 1.807) is 13.0 Å². The number of sulfonamides is 1. The molecule has 0 unspecified atom stereocenters. The Balaban J connectivity index is 2.23. The molecule has 6 heteroatoms. The van der Waals surface area contributed by atoms with E-state index in [0.29, 0.717) is 5.56 Å². The zero-order valence-corrected chi connectivity index (χ0v) is 11.9. The summed E-state index contributed by atoms with van der Waals surface area (Å²) in [6.07, 6.45) is 1.16. The molecule has 0 bridgehead atoms. The summed E-state index contributed by atoms with van der Waals surface area (Å²) in [7, 11) is -3.84. The van der Waals surface area contributed by atoms with E-state index in [1.165, 1.54) is 30.3 Å². The minimum Gasteiger partial charge on any atom is -0.478 e. The Morgan fingerprint density at radius 3 is 2.33 bits per heavy atom. The van der Waals surface area contributed by atoms with Crippen molar-refractivity contribution in [2.45, 2.75) is 11.8 Å². The first kappa shape index (κ1) is 14.8. The maximum Gasteiger partial charge on any atom is 0.335 e. The number of carboxylic acid groups (broad SMARTS) is 1. The van der Waals surface area contributed by atoms with Gasteiger partial charge in [-0.1, -0.05) is 18.2 Å². The van der Waals surface area contributed by atoms with Gasteiger partial charge in [-0.25, -0.2) is 4.79 Å². The molecule has 0 atom stereocenters. The monoisotopic (exact) mass is 301 g/mol. The van der Waals surface area contributed by atoms with Gasteiger partial charge in [0, 0.05) is 6.21 Å². The fraction of sp³-hybridized carbons (Fsp3) is 0.0667. The summed E-state index contributed by atoms with van der Waals surface area (Å²) in [5.41, 5.74) is 1.39. The van der Waals surface area contributed by atoms with Gasteiger partial charge in [0.25, 0.3) is 10.0 Å². The fourth-order valence-electron chi connectivity index (χ4n) is 1.49. The van der Waals surface area contributed by atoms with Crippen LogP contribution in [0.4, 0.5) is 0 Å². The lowest BCUT2D eigenvalue weighted by Gasteiger charge is -1.97. The molecule has 0 aliphatic rings. The molecule has 0 heterocycles. The van der Waals surface area contributed by atoms with Gasteiger partial charge in [-0.3, -0.25) is 0 Å². The van der Waals surface area contributed by atoms with Crippen LogP contribution in [0.2, 0.25) is 0 Å². The second-order valence-electron chi connectivity index (χ2n) is 4.27. The Bertz CT molecular complexity index is 775. The van der Waals surface area contributed by atoms with Crippen LogP contribution in [0.15, 0.2) is 45.7 Å². The predicted octanol–water partition coefficient (Wildman–Crippen LogP) is 2.10. The lowest BCUT2D eigenvalue weighted by molar-refractivity contribution is 0.0697. The smallest absolute Gasteiger partial charge is 0.335 e. The van der Waals surface area contributed by atoms with Crippen molar-refractivity contribution in [3.05, 3.63) is 65.2 Å². The molecule has 0 fully saturated rings. The van der Waals surface area contributed by atoms with Crippen molar-refractivity contribution in [1.82, 2.24) is 0 Å². The quantitative estimate of drug-likeness (QED) is 0.876. The fourth-order valence-corrected chi connectivity index (χ4v) is 2.29. The van der Waals surface area contributed by atoms with Crippen LogP contribution in [0.25, 0.3) is 0 Å². The first-order valence-corrected chi connectivity index (χ1v) is 7.37. The topological polar surface area (TPSA) is 83.8 Å². The zero-order valence-electron chi connectivity index (χ0n) is 11.1. The van der Waals surface area contributed by atoms with Gasteiger partial charge in [-0.15, -0.1) is 0 Å². The van der Waals surface area contributed by atoms with Crippen molar-refractivity contribution in [3.8, 4) is 0 Å². The van der Waals surface area contributed by atoms with Gasteiger partial charge in [0.05, 0.1) is 5.56 Å². The first-order chi connectivity index (χ1) is 9.88. The number of carboxylic acids is 1. The number of aromatic carboxylic acids is 1. The first-order valence-electron chi connectivity index (χ1n) is 5.93. The van der Waals surface area contributed by atoms with E-state index < -0.39 is 16.0 Å². The van der Waals surface area contributed by atoms with Crippen LogP contribution in [0.5, 0.6) is 0 Å². The maximum atomic E-state index is 11.9.